The maximum Gasteiger partial charge on any atom is 0.227 e. The summed E-state index contributed by atoms with van der Waals surface area (Å²) in [6.07, 6.45) is 3.91. The molecule has 2 heteroatoms. The molecule has 0 spiro atoms. The zero-order chi connectivity index (χ0) is 15.6. The molecule has 1 aliphatic rings. The summed E-state index contributed by atoms with van der Waals surface area (Å²) >= 11 is 0. The summed E-state index contributed by atoms with van der Waals surface area (Å²) in [6, 6.07) is 8.82. The predicted molar refractivity (Wildman–Crippen MR) is 89.7 cm³/mol. The molecule has 116 valence electrons. The third-order valence-electron chi connectivity index (χ3n) is 4.37. The van der Waals surface area contributed by atoms with E-state index < -0.39 is 0 Å². The summed E-state index contributed by atoms with van der Waals surface area (Å²) in [7, 11) is 0. The summed E-state index contributed by atoms with van der Waals surface area (Å²) in [4.78, 5) is 15.0. The van der Waals surface area contributed by atoms with Crippen LogP contribution in [0, 0.1) is 5.41 Å². The van der Waals surface area contributed by atoms with Crippen LogP contribution in [0.25, 0.3) is 0 Å². The lowest BCUT2D eigenvalue weighted by atomic mass is 9.89. The Balaban J connectivity index is 2.38. The van der Waals surface area contributed by atoms with Gasteiger partial charge in [0.2, 0.25) is 5.91 Å². The van der Waals surface area contributed by atoms with Crippen molar-refractivity contribution in [2.24, 2.45) is 5.41 Å². The molecular weight excluding hydrogens is 258 g/mol. The third kappa shape index (κ3) is 3.30. The zero-order valence-corrected chi connectivity index (χ0v) is 14.1. The van der Waals surface area contributed by atoms with Gasteiger partial charge in [-0.1, -0.05) is 59.2 Å². The fraction of sp³-hybridized carbons (Fsp3) is 0.632. The van der Waals surface area contributed by atoms with E-state index >= 15 is 0 Å². The van der Waals surface area contributed by atoms with Gasteiger partial charge in [0, 0.05) is 24.1 Å². The van der Waals surface area contributed by atoms with Gasteiger partial charge in [-0.15, -0.1) is 0 Å². The van der Waals surface area contributed by atoms with E-state index in [9.17, 15) is 4.79 Å². The van der Waals surface area contributed by atoms with E-state index in [2.05, 4.69) is 63.8 Å². The normalized spacial score (nSPS) is 21.5. The van der Waals surface area contributed by atoms with E-state index in [1.165, 1.54) is 5.56 Å². The molecule has 2 rings (SSSR count). The molecular formula is C19H29NO. The van der Waals surface area contributed by atoms with Gasteiger partial charge >= 0.3 is 0 Å². The first-order chi connectivity index (χ1) is 9.89. The third-order valence-corrected chi connectivity index (χ3v) is 4.37. The number of fused-ring (bicyclic) bond motifs is 1. The molecule has 1 aliphatic heterocycles. The lowest BCUT2D eigenvalue weighted by molar-refractivity contribution is -0.120. The van der Waals surface area contributed by atoms with Gasteiger partial charge in [0.25, 0.3) is 0 Å². The molecule has 1 aromatic carbocycles. The van der Waals surface area contributed by atoms with Crippen LogP contribution in [0.1, 0.15) is 71.8 Å². The first kappa shape index (κ1) is 16.1. The van der Waals surface area contributed by atoms with Gasteiger partial charge in [-0.25, -0.2) is 0 Å². The summed E-state index contributed by atoms with van der Waals surface area (Å²) < 4.78 is 0. The largest absolute Gasteiger partial charge is 0.308 e. The van der Waals surface area contributed by atoms with E-state index in [1.807, 2.05) is 0 Å². The van der Waals surface area contributed by atoms with Crippen LogP contribution in [0.3, 0.4) is 0 Å². The number of hydrogen-bond acceptors (Lipinski definition) is 1. The van der Waals surface area contributed by atoms with E-state index in [-0.39, 0.29) is 11.3 Å². The number of nitrogens with zero attached hydrogens (tertiary/aromatic N) is 1. The van der Waals surface area contributed by atoms with Crippen LogP contribution < -0.4 is 4.90 Å². The van der Waals surface area contributed by atoms with Gasteiger partial charge in [0.05, 0.1) is 0 Å². The van der Waals surface area contributed by atoms with Crippen LogP contribution in [-0.4, -0.2) is 11.9 Å². The van der Waals surface area contributed by atoms with Crippen molar-refractivity contribution in [3.63, 3.8) is 0 Å². The average molecular weight is 287 g/mol. The maximum absolute atomic E-state index is 12.9. The fourth-order valence-corrected chi connectivity index (χ4v) is 3.56. The SMILES string of the molecule is CCCC1C(CC)c2ccccc2N1C(=O)CC(C)(C)C. The summed E-state index contributed by atoms with van der Waals surface area (Å²) in [5, 5.41) is 0. The van der Waals surface area contributed by atoms with Gasteiger partial charge in [0.15, 0.2) is 0 Å². The van der Waals surface area contributed by atoms with Gasteiger partial charge in [-0.3, -0.25) is 4.79 Å². The van der Waals surface area contributed by atoms with Crippen molar-refractivity contribution in [1.82, 2.24) is 0 Å². The number of para-hydroxylation sites is 1. The molecule has 0 saturated carbocycles. The van der Waals surface area contributed by atoms with Crippen LogP contribution in [-0.2, 0) is 4.79 Å². The van der Waals surface area contributed by atoms with Crippen molar-refractivity contribution in [2.45, 2.75) is 72.3 Å². The smallest absolute Gasteiger partial charge is 0.227 e. The summed E-state index contributed by atoms with van der Waals surface area (Å²) in [5.41, 5.74) is 2.55. The summed E-state index contributed by atoms with van der Waals surface area (Å²) in [6.45, 7) is 10.9. The molecule has 0 N–H and O–H groups in total. The number of carbonyl (C=O) groups is 1. The average Bonchev–Trinajstić information content (AvgIpc) is 2.70. The van der Waals surface area contributed by atoms with E-state index in [4.69, 9.17) is 0 Å². The number of hydrogen-bond donors (Lipinski definition) is 0. The number of anilines is 1. The lowest BCUT2D eigenvalue weighted by Crippen LogP contribution is -2.40. The fourth-order valence-electron chi connectivity index (χ4n) is 3.56. The minimum atomic E-state index is 0.0348. The topological polar surface area (TPSA) is 20.3 Å². The highest BCUT2D eigenvalue weighted by molar-refractivity contribution is 5.97. The zero-order valence-electron chi connectivity index (χ0n) is 14.1. The van der Waals surface area contributed by atoms with Crippen LogP contribution in [0.4, 0.5) is 5.69 Å². The predicted octanol–water partition coefficient (Wildman–Crippen LogP) is 5.13. The highest BCUT2D eigenvalue weighted by atomic mass is 16.2. The molecule has 1 amide bonds. The first-order valence-corrected chi connectivity index (χ1v) is 8.30. The van der Waals surface area contributed by atoms with Crippen molar-refractivity contribution in [1.29, 1.82) is 0 Å². The number of carbonyl (C=O) groups excluding carboxylic acids is 1. The Hall–Kier alpha value is -1.31. The second kappa shape index (κ2) is 6.21. The summed E-state index contributed by atoms with van der Waals surface area (Å²) in [5.74, 6) is 0.773. The van der Waals surface area contributed by atoms with Gasteiger partial charge < -0.3 is 4.90 Å². The molecule has 0 saturated heterocycles. The molecule has 2 atom stereocenters. The molecule has 2 nitrogen and oxygen atoms in total. The molecule has 0 fully saturated rings. The quantitative estimate of drug-likeness (QED) is 0.751. The van der Waals surface area contributed by atoms with Crippen molar-refractivity contribution < 1.29 is 4.79 Å². The van der Waals surface area contributed by atoms with E-state index in [0.717, 1.165) is 24.9 Å². The van der Waals surface area contributed by atoms with Crippen LogP contribution in [0.2, 0.25) is 0 Å². The second-order valence-electron chi connectivity index (χ2n) is 7.43. The second-order valence-corrected chi connectivity index (χ2v) is 7.43. The molecule has 0 radical (unpaired) electrons. The van der Waals surface area contributed by atoms with Crippen LogP contribution in [0.15, 0.2) is 24.3 Å². The Morgan fingerprint density at radius 2 is 1.86 bits per heavy atom. The molecule has 0 aromatic heterocycles. The van der Waals surface area contributed by atoms with Gasteiger partial charge in [-0.05, 0) is 29.9 Å². The Labute approximate surface area is 129 Å². The number of benzene rings is 1. The molecule has 1 aromatic rings. The monoisotopic (exact) mass is 287 g/mol. The minimum Gasteiger partial charge on any atom is -0.308 e. The highest BCUT2D eigenvalue weighted by Crippen LogP contribution is 2.45. The van der Waals surface area contributed by atoms with Gasteiger partial charge in [-0.2, -0.15) is 0 Å². The lowest BCUT2D eigenvalue weighted by Gasteiger charge is -2.31. The molecule has 0 aliphatic carbocycles. The van der Waals surface area contributed by atoms with Gasteiger partial charge in [0.1, 0.15) is 0 Å². The van der Waals surface area contributed by atoms with E-state index in [1.54, 1.807) is 0 Å². The highest BCUT2D eigenvalue weighted by Gasteiger charge is 2.40. The van der Waals surface area contributed by atoms with Crippen molar-refractivity contribution >= 4 is 11.6 Å². The van der Waals surface area contributed by atoms with Crippen molar-refractivity contribution in [3.05, 3.63) is 29.8 Å². The molecule has 21 heavy (non-hydrogen) atoms. The Bertz CT molecular complexity index is 501. The molecule has 2 unspecified atom stereocenters. The van der Waals surface area contributed by atoms with E-state index in [0.29, 0.717) is 18.4 Å². The maximum atomic E-state index is 12.9. The Morgan fingerprint density at radius 3 is 2.43 bits per heavy atom. The van der Waals surface area contributed by atoms with Crippen molar-refractivity contribution in [2.75, 3.05) is 4.90 Å². The standard InChI is InChI=1S/C19H29NO/c1-6-10-16-14(7-2)15-11-8-9-12-17(15)20(16)18(21)13-19(3,4)5/h8-9,11-12,14,16H,6-7,10,13H2,1-5H3. The first-order valence-electron chi connectivity index (χ1n) is 8.30. The molecule has 1 heterocycles. The Morgan fingerprint density at radius 1 is 1.19 bits per heavy atom. The van der Waals surface area contributed by atoms with Crippen molar-refractivity contribution in [3.8, 4) is 0 Å². The number of rotatable bonds is 4. The van der Waals surface area contributed by atoms with Crippen LogP contribution >= 0.6 is 0 Å². The van der Waals surface area contributed by atoms with Crippen LogP contribution in [0.5, 0.6) is 0 Å². The molecule has 0 bridgehead atoms. The Kier molecular flexibility index (Phi) is 4.75. The number of amides is 1. The minimum absolute atomic E-state index is 0.0348.